The van der Waals surface area contributed by atoms with Gasteiger partial charge in [-0.2, -0.15) is 0 Å². The summed E-state index contributed by atoms with van der Waals surface area (Å²) in [4.78, 5) is 2.59. The van der Waals surface area contributed by atoms with Crippen molar-refractivity contribution >= 4 is 0 Å². The SMILES string of the molecule is CCC1CN(CC2CCCO2)CCC1CN. The minimum absolute atomic E-state index is 0.506. The molecule has 2 N–H and O–H groups in total. The van der Waals surface area contributed by atoms with Crippen LogP contribution in [-0.2, 0) is 4.74 Å². The Kier molecular flexibility index (Phi) is 4.62. The van der Waals surface area contributed by atoms with Crippen LogP contribution in [0.2, 0.25) is 0 Å². The van der Waals surface area contributed by atoms with E-state index in [-0.39, 0.29) is 0 Å². The van der Waals surface area contributed by atoms with Gasteiger partial charge in [0.25, 0.3) is 0 Å². The molecule has 0 aliphatic carbocycles. The zero-order valence-corrected chi connectivity index (χ0v) is 10.5. The molecule has 0 aromatic heterocycles. The molecular weight excluding hydrogens is 200 g/mol. The molecule has 2 aliphatic rings. The van der Waals surface area contributed by atoms with Crippen LogP contribution in [0.1, 0.15) is 32.6 Å². The molecule has 0 amide bonds. The maximum absolute atomic E-state index is 5.84. The fraction of sp³-hybridized carbons (Fsp3) is 1.00. The van der Waals surface area contributed by atoms with Gasteiger partial charge in [0.15, 0.2) is 0 Å². The lowest BCUT2D eigenvalue weighted by Crippen LogP contribution is -2.45. The molecule has 0 aromatic carbocycles. The Morgan fingerprint density at radius 1 is 1.31 bits per heavy atom. The van der Waals surface area contributed by atoms with Crippen molar-refractivity contribution in [2.45, 2.75) is 38.7 Å². The van der Waals surface area contributed by atoms with E-state index < -0.39 is 0 Å². The second-order valence-electron chi connectivity index (χ2n) is 5.35. The Bertz CT molecular complexity index is 204. The second-order valence-corrected chi connectivity index (χ2v) is 5.35. The van der Waals surface area contributed by atoms with Crippen LogP contribution in [0.3, 0.4) is 0 Å². The number of ether oxygens (including phenoxy) is 1. The maximum atomic E-state index is 5.84. The van der Waals surface area contributed by atoms with E-state index in [1.54, 1.807) is 0 Å². The minimum atomic E-state index is 0.506. The molecule has 3 heteroatoms. The van der Waals surface area contributed by atoms with Crippen LogP contribution in [0.4, 0.5) is 0 Å². The van der Waals surface area contributed by atoms with E-state index >= 15 is 0 Å². The highest BCUT2D eigenvalue weighted by atomic mass is 16.5. The summed E-state index contributed by atoms with van der Waals surface area (Å²) >= 11 is 0. The van der Waals surface area contributed by atoms with Crippen LogP contribution in [0.5, 0.6) is 0 Å². The minimum Gasteiger partial charge on any atom is -0.377 e. The molecule has 3 unspecified atom stereocenters. The van der Waals surface area contributed by atoms with Crippen molar-refractivity contribution in [1.29, 1.82) is 0 Å². The van der Waals surface area contributed by atoms with Crippen molar-refractivity contribution in [1.82, 2.24) is 4.90 Å². The maximum Gasteiger partial charge on any atom is 0.0702 e. The van der Waals surface area contributed by atoms with Crippen LogP contribution >= 0.6 is 0 Å². The molecule has 0 radical (unpaired) electrons. The van der Waals surface area contributed by atoms with Gasteiger partial charge in [0, 0.05) is 19.7 Å². The van der Waals surface area contributed by atoms with Gasteiger partial charge in [-0.15, -0.1) is 0 Å². The Balaban J connectivity index is 1.79. The van der Waals surface area contributed by atoms with Gasteiger partial charge in [0.1, 0.15) is 0 Å². The van der Waals surface area contributed by atoms with Crippen molar-refractivity contribution in [3.8, 4) is 0 Å². The van der Waals surface area contributed by atoms with Crippen LogP contribution in [-0.4, -0.2) is 43.8 Å². The monoisotopic (exact) mass is 226 g/mol. The number of likely N-dealkylation sites (tertiary alicyclic amines) is 1. The molecule has 94 valence electrons. The summed E-state index contributed by atoms with van der Waals surface area (Å²) in [7, 11) is 0. The first kappa shape index (κ1) is 12.3. The van der Waals surface area contributed by atoms with Gasteiger partial charge in [-0.05, 0) is 44.2 Å². The van der Waals surface area contributed by atoms with E-state index in [9.17, 15) is 0 Å². The van der Waals surface area contributed by atoms with E-state index in [0.29, 0.717) is 6.10 Å². The normalized spacial score (nSPS) is 36.8. The molecule has 16 heavy (non-hydrogen) atoms. The van der Waals surface area contributed by atoms with E-state index in [0.717, 1.165) is 31.5 Å². The molecule has 0 saturated carbocycles. The zero-order chi connectivity index (χ0) is 11.4. The highest BCUT2D eigenvalue weighted by Gasteiger charge is 2.29. The van der Waals surface area contributed by atoms with E-state index in [4.69, 9.17) is 10.5 Å². The van der Waals surface area contributed by atoms with Crippen molar-refractivity contribution < 1.29 is 4.74 Å². The summed E-state index contributed by atoms with van der Waals surface area (Å²) in [5, 5.41) is 0. The first-order valence-corrected chi connectivity index (χ1v) is 6.87. The van der Waals surface area contributed by atoms with Gasteiger partial charge in [-0.1, -0.05) is 13.3 Å². The van der Waals surface area contributed by atoms with Gasteiger partial charge in [0.05, 0.1) is 6.10 Å². The molecule has 0 spiro atoms. The van der Waals surface area contributed by atoms with Gasteiger partial charge >= 0.3 is 0 Å². The van der Waals surface area contributed by atoms with Crippen LogP contribution in [0.15, 0.2) is 0 Å². The fourth-order valence-corrected chi connectivity index (χ4v) is 3.17. The third kappa shape index (κ3) is 2.96. The molecule has 0 aromatic rings. The molecular formula is C13H26N2O. The highest BCUT2D eigenvalue weighted by molar-refractivity contribution is 4.82. The van der Waals surface area contributed by atoms with Crippen molar-refractivity contribution in [3.05, 3.63) is 0 Å². The van der Waals surface area contributed by atoms with E-state index in [1.165, 1.54) is 38.8 Å². The summed E-state index contributed by atoms with van der Waals surface area (Å²) in [6.45, 7) is 7.74. The molecule has 0 bridgehead atoms. The summed E-state index contributed by atoms with van der Waals surface area (Å²) in [6, 6.07) is 0. The van der Waals surface area contributed by atoms with E-state index in [2.05, 4.69) is 11.8 Å². The van der Waals surface area contributed by atoms with Crippen LogP contribution in [0.25, 0.3) is 0 Å². The quantitative estimate of drug-likeness (QED) is 0.789. The number of nitrogens with two attached hydrogens (primary N) is 1. The number of hydrogen-bond donors (Lipinski definition) is 1. The largest absolute Gasteiger partial charge is 0.377 e. The lowest BCUT2D eigenvalue weighted by Gasteiger charge is -2.38. The Morgan fingerprint density at radius 3 is 2.81 bits per heavy atom. The van der Waals surface area contributed by atoms with E-state index in [1.807, 2.05) is 0 Å². The second kappa shape index (κ2) is 5.99. The molecule has 2 rings (SSSR count). The average Bonchev–Trinajstić information content (AvgIpc) is 2.81. The van der Waals surface area contributed by atoms with Gasteiger partial charge in [-0.3, -0.25) is 0 Å². The number of rotatable bonds is 4. The molecule has 3 atom stereocenters. The van der Waals surface area contributed by atoms with Crippen LogP contribution < -0.4 is 5.73 Å². The number of hydrogen-bond acceptors (Lipinski definition) is 3. The van der Waals surface area contributed by atoms with Crippen LogP contribution in [0, 0.1) is 11.8 Å². The first-order valence-electron chi connectivity index (χ1n) is 6.87. The van der Waals surface area contributed by atoms with Crippen molar-refractivity contribution in [3.63, 3.8) is 0 Å². The standard InChI is InChI=1S/C13H26N2O/c1-2-11-9-15(6-5-12(11)8-14)10-13-4-3-7-16-13/h11-13H,2-10,14H2,1H3. The molecule has 2 saturated heterocycles. The fourth-order valence-electron chi connectivity index (χ4n) is 3.17. The molecule has 2 heterocycles. The summed E-state index contributed by atoms with van der Waals surface area (Å²) < 4.78 is 5.71. The number of nitrogens with zero attached hydrogens (tertiary/aromatic N) is 1. The molecule has 3 nitrogen and oxygen atoms in total. The third-order valence-corrected chi connectivity index (χ3v) is 4.29. The van der Waals surface area contributed by atoms with Gasteiger partial charge < -0.3 is 15.4 Å². The van der Waals surface area contributed by atoms with Crippen molar-refractivity contribution in [2.75, 3.05) is 32.8 Å². The average molecular weight is 226 g/mol. The lowest BCUT2D eigenvalue weighted by molar-refractivity contribution is 0.0429. The van der Waals surface area contributed by atoms with Gasteiger partial charge in [-0.25, -0.2) is 0 Å². The summed E-state index contributed by atoms with van der Waals surface area (Å²) in [6.07, 6.45) is 5.56. The predicted octanol–water partition coefficient (Wildman–Crippen LogP) is 1.47. The zero-order valence-electron chi connectivity index (χ0n) is 10.5. The van der Waals surface area contributed by atoms with Gasteiger partial charge in [0.2, 0.25) is 0 Å². The summed E-state index contributed by atoms with van der Waals surface area (Å²) in [5.74, 6) is 1.56. The topological polar surface area (TPSA) is 38.5 Å². The molecule has 2 aliphatic heterocycles. The smallest absolute Gasteiger partial charge is 0.0702 e. The Morgan fingerprint density at radius 2 is 2.19 bits per heavy atom. The highest BCUT2D eigenvalue weighted by Crippen LogP contribution is 2.26. The Hall–Kier alpha value is -0.120. The van der Waals surface area contributed by atoms with Crippen molar-refractivity contribution in [2.24, 2.45) is 17.6 Å². The summed E-state index contributed by atoms with van der Waals surface area (Å²) in [5.41, 5.74) is 5.84. The Labute approximate surface area is 99.3 Å². The predicted molar refractivity (Wildman–Crippen MR) is 66.4 cm³/mol. The molecule has 2 fully saturated rings. The first-order chi connectivity index (χ1) is 7.83. The third-order valence-electron chi connectivity index (χ3n) is 4.29. The number of piperidine rings is 1. The lowest BCUT2D eigenvalue weighted by atomic mass is 9.83.